The summed E-state index contributed by atoms with van der Waals surface area (Å²) in [5, 5.41) is 0. The first-order chi connectivity index (χ1) is 10.6. The van der Waals surface area contributed by atoms with E-state index >= 15 is 0 Å². The first-order valence-corrected chi connectivity index (χ1v) is 8.95. The molecule has 0 radical (unpaired) electrons. The Morgan fingerprint density at radius 2 is 1.05 bits per heavy atom. The van der Waals surface area contributed by atoms with E-state index in [-0.39, 0.29) is 23.8 Å². The molecule has 2 atom stereocenters. The predicted octanol–water partition coefficient (Wildman–Crippen LogP) is 4.51. The molecule has 0 aromatic heterocycles. The molecule has 4 nitrogen and oxygen atoms in total. The smallest absolute Gasteiger partial charge is 0.309 e. The van der Waals surface area contributed by atoms with Gasteiger partial charge in [-0.05, 0) is 26.7 Å². The van der Waals surface area contributed by atoms with E-state index in [1.54, 1.807) is 13.8 Å². The van der Waals surface area contributed by atoms with E-state index in [0.29, 0.717) is 26.1 Å². The third kappa shape index (κ3) is 8.40. The van der Waals surface area contributed by atoms with Crippen LogP contribution in [0.25, 0.3) is 0 Å². The molecule has 0 fully saturated rings. The molecule has 0 aliphatic heterocycles. The van der Waals surface area contributed by atoms with Gasteiger partial charge in [-0.1, -0.05) is 52.4 Å². The molecule has 0 aliphatic rings. The first kappa shape index (κ1) is 20.9. The van der Waals surface area contributed by atoms with Crippen molar-refractivity contribution in [1.29, 1.82) is 0 Å². The van der Waals surface area contributed by atoms with Crippen molar-refractivity contribution in [1.82, 2.24) is 0 Å². The maximum absolute atomic E-state index is 12.3. The van der Waals surface area contributed by atoms with Crippen LogP contribution in [0.5, 0.6) is 0 Å². The number of hydrogen-bond acceptors (Lipinski definition) is 4. The molecule has 130 valence electrons. The normalized spacial score (nSPS) is 13.5. The Morgan fingerprint density at radius 3 is 1.32 bits per heavy atom. The van der Waals surface area contributed by atoms with E-state index < -0.39 is 0 Å². The van der Waals surface area contributed by atoms with Crippen molar-refractivity contribution in [3.05, 3.63) is 0 Å². The highest BCUT2D eigenvalue weighted by Crippen LogP contribution is 2.27. The van der Waals surface area contributed by atoms with Crippen LogP contribution in [0.4, 0.5) is 0 Å². The van der Waals surface area contributed by atoms with Crippen molar-refractivity contribution in [2.45, 2.75) is 79.1 Å². The van der Waals surface area contributed by atoms with Gasteiger partial charge in [0.25, 0.3) is 0 Å². The molecule has 0 heterocycles. The summed E-state index contributed by atoms with van der Waals surface area (Å²) in [4.78, 5) is 24.6. The molecule has 0 aromatic rings. The standard InChI is InChI=1S/C18H34O4/c1-5-9-11-13-15(17(19)21-7-3)16(14-12-10-6-2)18(20)22-8-4/h15-16H,5-14H2,1-4H3. The summed E-state index contributed by atoms with van der Waals surface area (Å²) < 4.78 is 10.4. The fourth-order valence-electron chi connectivity index (χ4n) is 2.69. The van der Waals surface area contributed by atoms with Gasteiger partial charge in [-0.3, -0.25) is 9.59 Å². The van der Waals surface area contributed by atoms with E-state index in [9.17, 15) is 9.59 Å². The van der Waals surface area contributed by atoms with Crippen LogP contribution in [0.3, 0.4) is 0 Å². The van der Waals surface area contributed by atoms with Crippen molar-refractivity contribution in [2.24, 2.45) is 11.8 Å². The quantitative estimate of drug-likeness (QED) is 0.371. The van der Waals surface area contributed by atoms with Gasteiger partial charge in [0.15, 0.2) is 0 Å². The monoisotopic (exact) mass is 314 g/mol. The Hall–Kier alpha value is -1.06. The van der Waals surface area contributed by atoms with Crippen molar-refractivity contribution < 1.29 is 19.1 Å². The number of carbonyl (C=O) groups excluding carboxylic acids is 2. The summed E-state index contributed by atoms with van der Waals surface area (Å²) in [5.74, 6) is -1.20. The zero-order chi connectivity index (χ0) is 16.8. The summed E-state index contributed by atoms with van der Waals surface area (Å²) in [6.07, 6.45) is 7.64. The summed E-state index contributed by atoms with van der Waals surface area (Å²) in [5.41, 5.74) is 0. The lowest BCUT2D eigenvalue weighted by Crippen LogP contribution is -2.33. The number of hydrogen-bond donors (Lipinski definition) is 0. The van der Waals surface area contributed by atoms with Gasteiger partial charge < -0.3 is 9.47 Å². The van der Waals surface area contributed by atoms with Crippen LogP contribution in [0.15, 0.2) is 0 Å². The largest absolute Gasteiger partial charge is 0.466 e. The van der Waals surface area contributed by atoms with Gasteiger partial charge in [0.1, 0.15) is 0 Å². The number of ether oxygens (including phenoxy) is 2. The van der Waals surface area contributed by atoms with Gasteiger partial charge in [0, 0.05) is 0 Å². The zero-order valence-electron chi connectivity index (χ0n) is 14.9. The van der Waals surface area contributed by atoms with Crippen molar-refractivity contribution >= 4 is 11.9 Å². The molecule has 22 heavy (non-hydrogen) atoms. The average Bonchev–Trinajstić information content (AvgIpc) is 2.49. The molecule has 0 N–H and O–H groups in total. The molecule has 0 saturated heterocycles. The second-order valence-corrected chi connectivity index (χ2v) is 5.71. The van der Waals surface area contributed by atoms with Crippen molar-refractivity contribution in [3.8, 4) is 0 Å². The average molecular weight is 314 g/mol. The molecule has 0 bridgehead atoms. The molecular formula is C18H34O4. The lowest BCUT2D eigenvalue weighted by atomic mass is 9.84. The minimum absolute atomic E-state index is 0.242. The number of unbranched alkanes of at least 4 members (excludes halogenated alkanes) is 4. The highest BCUT2D eigenvalue weighted by atomic mass is 16.5. The van der Waals surface area contributed by atoms with Gasteiger partial charge in [0.05, 0.1) is 25.0 Å². The van der Waals surface area contributed by atoms with Gasteiger partial charge in [-0.15, -0.1) is 0 Å². The maximum Gasteiger partial charge on any atom is 0.309 e. The van der Waals surface area contributed by atoms with Gasteiger partial charge in [-0.25, -0.2) is 0 Å². The highest BCUT2D eigenvalue weighted by Gasteiger charge is 2.34. The Balaban J connectivity index is 4.94. The lowest BCUT2D eigenvalue weighted by molar-refractivity contribution is -0.161. The number of carbonyl (C=O) groups is 2. The van der Waals surface area contributed by atoms with Gasteiger partial charge >= 0.3 is 11.9 Å². The lowest BCUT2D eigenvalue weighted by Gasteiger charge is -2.24. The molecule has 0 rings (SSSR count). The minimum Gasteiger partial charge on any atom is -0.466 e. The van der Waals surface area contributed by atoms with Crippen LogP contribution in [0.2, 0.25) is 0 Å². The Morgan fingerprint density at radius 1 is 0.682 bits per heavy atom. The first-order valence-electron chi connectivity index (χ1n) is 8.95. The van der Waals surface area contributed by atoms with Crippen molar-refractivity contribution in [3.63, 3.8) is 0 Å². The summed E-state index contributed by atoms with van der Waals surface area (Å²) in [6, 6.07) is 0. The summed E-state index contributed by atoms with van der Waals surface area (Å²) in [6.45, 7) is 8.57. The maximum atomic E-state index is 12.3. The second-order valence-electron chi connectivity index (χ2n) is 5.71. The van der Waals surface area contributed by atoms with E-state index in [1.165, 1.54) is 0 Å². The third-order valence-corrected chi connectivity index (χ3v) is 3.90. The molecule has 2 unspecified atom stereocenters. The van der Waals surface area contributed by atoms with E-state index in [1.807, 2.05) is 0 Å². The third-order valence-electron chi connectivity index (χ3n) is 3.90. The van der Waals surface area contributed by atoms with Crippen LogP contribution in [-0.2, 0) is 19.1 Å². The van der Waals surface area contributed by atoms with Crippen LogP contribution in [0.1, 0.15) is 79.1 Å². The molecule has 0 aliphatic carbocycles. The van der Waals surface area contributed by atoms with Crippen LogP contribution in [-0.4, -0.2) is 25.2 Å². The van der Waals surface area contributed by atoms with Gasteiger partial charge in [0.2, 0.25) is 0 Å². The van der Waals surface area contributed by atoms with Crippen molar-refractivity contribution in [2.75, 3.05) is 13.2 Å². The highest BCUT2D eigenvalue weighted by molar-refractivity contribution is 5.82. The van der Waals surface area contributed by atoms with E-state index in [2.05, 4.69) is 13.8 Å². The van der Waals surface area contributed by atoms with Gasteiger partial charge in [-0.2, -0.15) is 0 Å². The topological polar surface area (TPSA) is 52.6 Å². The molecule has 0 aromatic carbocycles. The SMILES string of the molecule is CCCCCC(C(=O)OCC)C(CCCCC)C(=O)OCC. The second kappa shape index (κ2) is 13.6. The Bertz CT molecular complexity index is 271. The van der Waals surface area contributed by atoms with Crippen LogP contribution in [0, 0.1) is 11.8 Å². The van der Waals surface area contributed by atoms with Crippen LogP contribution < -0.4 is 0 Å². The fourth-order valence-corrected chi connectivity index (χ4v) is 2.69. The predicted molar refractivity (Wildman–Crippen MR) is 88.5 cm³/mol. The van der Waals surface area contributed by atoms with E-state index in [0.717, 1.165) is 38.5 Å². The Kier molecular flexibility index (Phi) is 12.9. The minimum atomic E-state index is -0.359. The van der Waals surface area contributed by atoms with E-state index in [4.69, 9.17) is 9.47 Å². The zero-order valence-corrected chi connectivity index (χ0v) is 14.9. The summed E-state index contributed by atoms with van der Waals surface area (Å²) in [7, 11) is 0. The molecule has 4 heteroatoms. The van der Waals surface area contributed by atoms with Crippen LogP contribution >= 0.6 is 0 Å². The summed E-state index contributed by atoms with van der Waals surface area (Å²) >= 11 is 0. The molecule has 0 saturated carbocycles. The number of esters is 2. The number of rotatable bonds is 13. The molecule has 0 amide bonds. The Labute approximate surface area is 135 Å². The fraction of sp³-hybridized carbons (Fsp3) is 0.889. The molecule has 0 spiro atoms. The molecular weight excluding hydrogens is 280 g/mol.